The second-order valence-corrected chi connectivity index (χ2v) is 6.40. The average molecular weight is 342 g/mol. The van der Waals surface area contributed by atoms with Crippen molar-refractivity contribution in [2.45, 2.75) is 26.4 Å². The Labute approximate surface area is 147 Å². The molecule has 0 spiro atoms. The molecule has 0 aliphatic heterocycles. The average Bonchev–Trinajstić information content (AvgIpc) is 2.57. The summed E-state index contributed by atoms with van der Waals surface area (Å²) in [6.07, 6.45) is 1.96. The van der Waals surface area contributed by atoms with Crippen molar-refractivity contribution < 1.29 is 19.1 Å². The second-order valence-electron chi connectivity index (χ2n) is 6.40. The molecule has 1 aromatic heterocycles. The van der Waals surface area contributed by atoms with Crippen molar-refractivity contribution in [1.29, 1.82) is 0 Å². The summed E-state index contributed by atoms with van der Waals surface area (Å²) in [6.45, 7) is 6.05. The predicted octanol–water partition coefficient (Wildman–Crippen LogP) is 3.46. The lowest BCUT2D eigenvalue weighted by molar-refractivity contribution is 0.0520. The number of ether oxygens (including phenoxy) is 2. The van der Waals surface area contributed by atoms with Crippen LogP contribution in [0.4, 0.5) is 4.79 Å². The summed E-state index contributed by atoms with van der Waals surface area (Å²) in [5.74, 6) is 0.632. The Hall–Kier alpha value is -2.89. The lowest BCUT2D eigenvalue weighted by Crippen LogP contribution is -2.34. The third-order valence-electron chi connectivity index (χ3n) is 3.09. The van der Waals surface area contributed by atoms with Gasteiger partial charge < -0.3 is 14.8 Å². The first kappa shape index (κ1) is 18.4. The number of nitrogens with zero attached hydrogens (tertiary/aromatic N) is 1. The molecule has 0 radical (unpaired) electrons. The van der Waals surface area contributed by atoms with E-state index in [9.17, 15) is 9.59 Å². The Morgan fingerprint density at radius 3 is 2.76 bits per heavy atom. The van der Waals surface area contributed by atoms with Crippen LogP contribution in [0.5, 0.6) is 5.75 Å². The third-order valence-corrected chi connectivity index (χ3v) is 3.09. The van der Waals surface area contributed by atoms with E-state index in [0.29, 0.717) is 30.2 Å². The molecule has 1 N–H and O–H groups in total. The minimum absolute atomic E-state index is 0.303. The Balaban J connectivity index is 1.89. The number of hydrogen-bond acceptors (Lipinski definition) is 5. The number of benzene rings is 1. The van der Waals surface area contributed by atoms with Gasteiger partial charge in [0.05, 0.1) is 12.2 Å². The number of alkyl carbamates (subject to hydrolysis) is 1. The van der Waals surface area contributed by atoms with Crippen LogP contribution in [0.3, 0.4) is 0 Å². The summed E-state index contributed by atoms with van der Waals surface area (Å²) in [5.41, 5.74) is 1.61. The van der Waals surface area contributed by atoms with Crippen LogP contribution < -0.4 is 10.1 Å². The maximum absolute atomic E-state index is 11.5. The van der Waals surface area contributed by atoms with Crippen LogP contribution in [-0.4, -0.2) is 36.1 Å². The van der Waals surface area contributed by atoms with Crippen LogP contribution in [0.1, 0.15) is 31.1 Å². The maximum Gasteiger partial charge on any atom is 0.407 e. The van der Waals surface area contributed by atoms with E-state index >= 15 is 0 Å². The number of carbonyl (C=O) groups is 2. The largest absolute Gasteiger partial charge is 0.492 e. The standard InChI is InChI=1S/C19H22N2O4/c1-19(2,3)25-18(23)21-9-10-24-16-7-8-20-17(12-16)15-6-4-5-14(11-15)13-22/h4-8,11-13H,9-10H2,1-3H3,(H,21,23). The van der Waals surface area contributed by atoms with Gasteiger partial charge in [-0.3, -0.25) is 9.78 Å². The van der Waals surface area contributed by atoms with Crippen LogP contribution >= 0.6 is 0 Å². The van der Waals surface area contributed by atoms with E-state index < -0.39 is 11.7 Å². The molecule has 2 aromatic rings. The van der Waals surface area contributed by atoms with E-state index in [2.05, 4.69) is 10.3 Å². The molecular weight excluding hydrogens is 320 g/mol. The Morgan fingerprint density at radius 1 is 1.24 bits per heavy atom. The van der Waals surface area contributed by atoms with Gasteiger partial charge in [-0.2, -0.15) is 0 Å². The van der Waals surface area contributed by atoms with Crippen molar-refractivity contribution in [2.24, 2.45) is 0 Å². The monoisotopic (exact) mass is 342 g/mol. The zero-order valence-electron chi connectivity index (χ0n) is 14.6. The van der Waals surface area contributed by atoms with Gasteiger partial charge in [0, 0.05) is 23.4 Å². The minimum atomic E-state index is -0.527. The van der Waals surface area contributed by atoms with Gasteiger partial charge in [-0.15, -0.1) is 0 Å². The number of carbonyl (C=O) groups excluding carboxylic acids is 2. The second kappa shape index (κ2) is 8.28. The Morgan fingerprint density at radius 2 is 2.04 bits per heavy atom. The fourth-order valence-electron chi connectivity index (χ4n) is 2.07. The molecule has 132 valence electrons. The van der Waals surface area contributed by atoms with Crippen LogP contribution in [0.15, 0.2) is 42.6 Å². The van der Waals surface area contributed by atoms with Gasteiger partial charge in [0.15, 0.2) is 0 Å². The fourth-order valence-corrected chi connectivity index (χ4v) is 2.07. The van der Waals surface area contributed by atoms with Crippen LogP contribution in [0.25, 0.3) is 11.3 Å². The maximum atomic E-state index is 11.5. The fraction of sp³-hybridized carbons (Fsp3) is 0.316. The molecule has 0 unspecified atom stereocenters. The van der Waals surface area contributed by atoms with Crippen LogP contribution in [0.2, 0.25) is 0 Å². The van der Waals surface area contributed by atoms with Gasteiger partial charge in [-0.1, -0.05) is 18.2 Å². The summed E-state index contributed by atoms with van der Waals surface area (Å²) in [5, 5.41) is 2.63. The summed E-state index contributed by atoms with van der Waals surface area (Å²) in [6, 6.07) is 10.7. The van der Waals surface area contributed by atoms with Crippen molar-refractivity contribution in [1.82, 2.24) is 10.3 Å². The van der Waals surface area contributed by atoms with Gasteiger partial charge in [0.1, 0.15) is 24.2 Å². The predicted molar refractivity (Wildman–Crippen MR) is 94.8 cm³/mol. The highest BCUT2D eigenvalue weighted by atomic mass is 16.6. The van der Waals surface area contributed by atoms with Crippen molar-refractivity contribution in [3.8, 4) is 17.0 Å². The van der Waals surface area contributed by atoms with Crippen LogP contribution in [0, 0.1) is 0 Å². The Bertz CT molecular complexity index is 738. The summed E-state index contributed by atoms with van der Waals surface area (Å²) < 4.78 is 10.8. The van der Waals surface area contributed by atoms with Gasteiger partial charge in [0.2, 0.25) is 0 Å². The molecule has 1 aromatic carbocycles. The smallest absolute Gasteiger partial charge is 0.407 e. The van der Waals surface area contributed by atoms with E-state index in [1.807, 2.05) is 6.07 Å². The molecule has 25 heavy (non-hydrogen) atoms. The van der Waals surface area contributed by atoms with Gasteiger partial charge >= 0.3 is 6.09 Å². The lowest BCUT2D eigenvalue weighted by atomic mass is 10.1. The highest BCUT2D eigenvalue weighted by Gasteiger charge is 2.15. The molecule has 0 aliphatic rings. The molecule has 0 saturated heterocycles. The van der Waals surface area contributed by atoms with Crippen molar-refractivity contribution in [3.63, 3.8) is 0 Å². The molecule has 1 heterocycles. The zero-order valence-corrected chi connectivity index (χ0v) is 14.6. The van der Waals surface area contributed by atoms with Crippen molar-refractivity contribution >= 4 is 12.4 Å². The quantitative estimate of drug-likeness (QED) is 0.642. The number of nitrogens with one attached hydrogen (secondary N) is 1. The summed E-state index contributed by atoms with van der Waals surface area (Å²) in [7, 11) is 0. The molecule has 0 fully saturated rings. The number of pyridine rings is 1. The van der Waals surface area contributed by atoms with E-state index in [1.165, 1.54) is 0 Å². The molecule has 0 saturated carbocycles. The molecule has 6 heteroatoms. The third kappa shape index (κ3) is 6.25. The topological polar surface area (TPSA) is 77.5 Å². The number of rotatable bonds is 6. The Kier molecular flexibility index (Phi) is 6.11. The van der Waals surface area contributed by atoms with Crippen molar-refractivity contribution in [2.75, 3.05) is 13.2 Å². The number of aldehydes is 1. The van der Waals surface area contributed by atoms with Gasteiger partial charge in [-0.05, 0) is 32.9 Å². The highest BCUT2D eigenvalue weighted by Crippen LogP contribution is 2.22. The summed E-state index contributed by atoms with van der Waals surface area (Å²) in [4.78, 5) is 26.7. The van der Waals surface area contributed by atoms with Crippen molar-refractivity contribution in [3.05, 3.63) is 48.2 Å². The molecule has 2 rings (SSSR count). The number of amides is 1. The SMILES string of the molecule is CC(C)(C)OC(=O)NCCOc1ccnc(-c2cccc(C=O)c2)c1. The summed E-state index contributed by atoms with van der Waals surface area (Å²) >= 11 is 0. The van der Waals surface area contributed by atoms with E-state index in [1.54, 1.807) is 57.3 Å². The number of hydrogen-bond donors (Lipinski definition) is 1. The molecule has 0 atom stereocenters. The van der Waals surface area contributed by atoms with Gasteiger partial charge in [-0.25, -0.2) is 4.79 Å². The number of aromatic nitrogens is 1. The lowest BCUT2D eigenvalue weighted by Gasteiger charge is -2.19. The first-order chi connectivity index (χ1) is 11.9. The molecule has 6 nitrogen and oxygen atoms in total. The van der Waals surface area contributed by atoms with Gasteiger partial charge in [0.25, 0.3) is 0 Å². The van der Waals surface area contributed by atoms with Crippen LogP contribution in [-0.2, 0) is 4.74 Å². The molecular formula is C19H22N2O4. The molecule has 1 amide bonds. The molecule has 0 bridgehead atoms. The first-order valence-electron chi connectivity index (χ1n) is 7.99. The minimum Gasteiger partial charge on any atom is -0.492 e. The highest BCUT2D eigenvalue weighted by molar-refractivity contribution is 5.78. The van der Waals surface area contributed by atoms with E-state index in [0.717, 1.165) is 11.8 Å². The van der Waals surface area contributed by atoms with E-state index in [-0.39, 0.29) is 0 Å². The molecule has 0 aliphatic carbocycles. The first-order valence-corrected chi connectivity index (χ1v) is 7.99. The zero-order chi connectivity index (χ0) is 18.3. The van der Waals surface area contributed by atoms with E-state index in [4.69, 9.17) is 9.47 Å². The normalized spacial score (nSPS) is 10.8.